The monoisotopic (exact) mass is 379 g/mol. The van der Waals surface area contributed by atoms with Crippen molar-refractivity contribution in [1.82, 2.24) is 15.6 Å². The third-order valence-corrected chi connectivity index (χ3v) is 3.65. The smallest absolute Gasteiger partial charge is 0.407 e. The number of nitrogens with zero attached hydrogens (tertiary/aromatic N) is 1. The van der Waals surface area contributed by atoms with Gasteiger partial charge in [-0.25, -0.2) is 4.79 Å². The minimum Gasteiger partial charge on any atom is -0.480 e. The first-order valence-electron chi connectivity index (χ1n) is 9.20. The predicted octanol–water partition coefficient (Wildman–Crippen LogP) is 3.00. The summed E-state index contributed by atoms with van der Waals surface area (Å²) in [7, 11) is 0. The third-order valence-electron chi connectivity index (χ3n) is 3.65. The fraction of sp³-hybridized carbons (Fsp3) is 0.650. The van der Waals surface area contributed by atoms with Crippen molar-refractivity contribution in [1.29, 1.82) is 0 Å². The van der Waals surface area contributed by atoms with Crippen LogP contribution in [-0.2, 0) is 16.0 Å². The van der Waals surface area contributed by atoms with Crippen molar-refractivity contribution in [3.05, 3.63) is 30.1 Å². The van der Waals surface area contributed by atoms with Crippen molar-refractivity contribution in [2.75, 3.05) is 6.54 Å². The molecular weight excluding hydrogens is 346 g/mol. The van der Waals surface area contributed by atoms with Crippen LogP contribution < -0.4 is 10.6 Å². The van der Waals surface area contributed by atoms with E-state index in [0.717, 1.165) is 5.56 Å². The van der Waals surface area contributed by atoms with E-state index in [4.69, 9.17) is 4.74 Å². The molecule has 152 valence electrons. The van der Waals surface area contributed by atoms with Crippen LogP contribution in [0.4, 0.5) is 4.79 Å². The maximum Gasteiger partial charge on any atom is 0.407 e. The minimum atomic E-state index is -0.939. The molecule has 0 aliphatic heterocycles. The summed E-state index contributed by atoms with van der Waals surface area (Å²) in [5, 5.41) is 15.4. The minimum absolute atomic E-state index is 0.0383. The fourth-order valence-corrected chi connectivity index (χ4v) is 2.67. The molecule has 0 aliphatic rings. The number of nitrogens with one attached hydrogen (secondary N) is 2. The summed E-state index contributed by atoms with van der Waals surface area (Å²) in [6.45, 7) is 11.9. The van der Waals surface area contributed by atoms with Crippen LogP contribution in [0.3, 0.4) is 0 Å². The van der Waals surface area contributed by atoms with Crippen LogP contribution in [0.1, 0.15) is 53.5 Å². The second-order valence-electron chi connectivity index (χ2n) is 8.97. The molecule has 0 aromatic carbocycles. The molecule has 1 aromatic heterocycles. The second-order valence-corrected chi connectivity index (χ2v) is 8.97. The van der Waals surface area contributed by atoms with E-state index in [0.29, 0.717) is 19.4 Å². The number of aromatic nitrogens is 1. The first kappa shape index (κ1) is 22.9. The van der Waals surface area contributed by atoms with Gasteiger partial charge in [0.15, 0.2) is 0 Å². The van der Waals surface area contributed by atoms with Crippen LogP contribution in [0.2, 0.25) is 0 Å². The number of amides is 1. The lowest BCUT2D eigenvalue weighted by molar-refractivity contribution is -0.139. The Kier molecular flexibility index (Phi) is 8.21. The zero-order valence-corrected chi connectivity index (χ0v) is 17.2. The highest BCUT2D eigenvalue weighted by atomic mass is 16.6. The van der Waals surface area contributed by atoms with Gasteiger partial charge < -0.3 is 20.5 Å². The molecule has 1 aromatic rings. The van der Waals surface area contributed by atoms with E-state index in [1.807, 2.05) is 6.07 Å². The summed E-state index contributed by atoms with van der Waals surface area (Å²) in [5.41, 5.74) is 0.210. The molecule has 0 spiro atoms. The standard InChI is InChI=1S/C20H33N3O4/c1-19(2,3)11-15(23-18(26)27-20(4,5)6)13-22-16(17(24)25)10-14-8-7-9-21-12-14/h7-9,12,15-16,22H,10-11,13H2,1-6H3,(H,23,26)(H,24,25)/t15-,16-/m0/s1. The molecule has 0 bridgehead atoms. The average Bonchev–Trinajstić information content (AvgIpc) is 2.48. The molecule has 1 rings (SSSR count). The molecule has 0 aliphatic carbocycles. The van der Waals surface area contributed by atoms with Crippen molar-refractivity contribution < 1.29 is 19.4 Å². The second kappa shape index (κ2) is 9.69. The summed E-state index contributed by atoms with van der Waals surface area (Å²) >= 11 is 0. The van der Waals surface area contributed by atoms with Gasteiger partial charge in [-0.3, -0.25) is 9.78 Å². The largest absolute Gasteiger partial charge is 0.480 e. The Morgan fingerprint density at radius 1 is 1.22 bits per heavy atom. The maximum absolute atomic E-state index is 12.1. The average molecular weight is 380 g/mol. The number of pyridine rings is 1. The molecule has 27 heavy (non-hydrogen) atoms. The molecule has 7 nitrogen and oxygen atoms in total. The van der Waals surface area contributed by atoms with Gasteiger partial charge in [0.05, 0.1) is 0 Å². The highest BCUT2D eigenvalue weighted by Gasteiger charge is 2.25. The Labute approximate surface area is 161 Å². The van der Waals surface area contributed by atoms with Gasteiger partial charge in [-0.15, -0.1) is 0 Å². The van der Waals surface area contributed by atoms with E-state index < -0.39 is 23.7 Å². The van der Waals surface area contributed by atoms with Crippen molar-refractivity contribution in [2.24, 2.45) is 5.41 Å². The van der Waals surface area contributed by atoms with Gasteiger partial charge in [0, 0.05) is 25.0 Å². The van der Waals surface area contributed by atoms with Crippen molar-refractivity contribution >= 4 is 12.1 Å². The number of rotatable bonds is 8. The van der Waals surface area contributed by atoms with E-state index in [-0.39, 0.29) is 11.5 Å². The van der Waals surface area contributed by atoms with Gasteiger partial charge in [0.2, 0.25) is 0 Å². The molecule has 1 heterocycles. The van der Waals surface area contributed by atoms with Crippen LogP contribution >= 0.6 is 0 Å². The summed E-state index contributed by atoms with van der Waals surface area (Å²) in [4.78, 5) is 27.8. The predicted molar refractivity (Wildman–Crippen MR) is 105 cm³/mol. The van der Waals surface area contributed by atoms with Crippen LogP contribution in [0.25, 0.3) is 0 Å². The molecule has 2 atom stereocenters. The van der Waals surface area contributed by atoms with Crippen molar-refractivity contribution in [3.8, 4) is 0 Å². The highest BCUT2D eigenvalue weighted by Crippen LogP contribution is 2.21. The van der Waals surface area contributed by atoms with E-state index in [1.54, 1.807) is 39.2 Å². The lowest BCUT2D eigenvalue weighted by Gasteiger charge is -2.29. The Bertz CT molecular complexity index is 606. The number of alkyl carbamates (subject to hydrolysis) is 1. The summed E-state index contributed by atoms with van der Waals surface area (Å²) < 4.78 is 5.33. The molecule has 7 heteroatoms. The quantitative estimate of drug-likeness (QED) is 0.642. The molecule has 0 fully saturated rings. The topological polar surface area (TPSA) is 101 Å². The molecule has 3 N–H and O–H groups in total. The molecule has 0 saturated carbocycles. The van der Waals surface area contributed by atoms with Crippen LogP contribution in [0.5, 0.6) is 0 Å². The highest BCUT2D eigenvalue weighted by molar-refractivity contribution is 5.74. The normalized spacial score (nSPS) is 14.3. The number of hydrogen-bond acceptors (Lipinski definition) is 5. The number of aliphatic carboxylic acids is 1. The lowest BCUT2D eigenvalue weighted by Crippen LogP contribution is -2.50. The van der Waals surface area contributed by atoms with Gasteiger partial charge in [0.1, 0.15) is 11.6 Å². The summed E-state index contributed by atoms with van der Waals surface area (Å²) in [6.07, 6.45) is 3.80. The molecule has 0 unspecified atom stereocenters. The number of carbonyl (C=O) groups excluding carboxylic acids is 1. The Balaban J connectivity index is 2.74. The van der Waals surface area contributed by atoms with E-state index in [1.165, 1.54) is 0 Å². The molecular formula is C20H33N3O4. The third kappa shape index (κ3) is 10.6. The summed E-state index contributed by atoms with van der Waals surface area (Å²) in [5.74, 6) is -0.939. The Morgan fingerprint density at radius 3 is 2.37 bits per heavy atom. The first-order chi connectivity index (χ1) is 12.4. The number of carbonyl (C=O) groups is 2. The van der Waals surface area contributed by atoms with Crippen molar-refractivity contribution in [3.63, 3.8) is 0 Å². The van der Waals surface area contributed by atoms with Gasteiger partial charge in [-0.05, 0) is 50.7 Å². The maximum atomic E-state index is 12.1. The Morgan fingerprint density at radius 2 is 1.89 bits per heavy atom. The Hall–Kier alpha value is -2.15. The van der Waals surface area contributed by atoms with E-state index in [9.17, 15) is 14.7 Å². The van der Waals surface area contributed by atoms with Gasteiger partial charge in [-0.2, -0.15) is 0 Å². The fourth-order valence-electron chi connectivity index (χ4n) is 2.67. The number of ether oxygens (including phenoxy) is 1. The van der Waals surface area contributed by atoms with Crippen LogP contribution in [0.15, 0.2) is 24.5 Å². The molecule has 0 radical (unpaired) electrons. The molecule has 1 amide bonds. The van der Waals surface area contributed by atoms with Crippen molar-refractivity contribution in [2.45, 2.75) is 72.1 Å². The van der Waals surface area contributed by atoms with Gasteiger partial charge in [-0.1, -0.05) is 26.8 Å². The number of carboxylic acid groups (broad SMARTS) is 1. The van der Waals surface area contributed by atoms with Gasteiger partial charge in [0.25, 0.3) is 0 Å². The first-order valence-corrected chi connectivity index (χ1v) is 9.20. The van der Waals surface area contributed by atoms with Gasteiger partial charge >= 0.3 is 12.1 Å². The summed E-state index contributed by atoms with van der Waals surface area (Å²) in [6, 6.07) is 2.60. The molecule has 0 saturated heterocycles. The SMILES string of the molecule is CC(C)(C)C[C@@H](CN[C@@H](Cc1cccnc1)C(=O)O)NC(=O)OC(C)(C)C. The zero-order chi connectivity index (χ0) is 20.7. The van der Waals surface area contributed by atoms with E-state index >= 15 is 0 Å². The van der Waals surface area contributed by atoms with Crippen LogP contribution in [0, 0.1) is 5.41 Å². The number of carboxylic acids is 1. The van der Waals surface area contributed by atoms with E-state index in [2.05, 4.69) is 36.4 Å². The zero-order valence-electron chi connectivity index (χ0n) is 17.2. The van der Waals surface area contributed by atoms with Crippen LogP contribution in [-0.4, -0.2) is 46.4 Å². The lowest BCUT2D eigenvalue weighted by atomic mass is 9.88. The number of hydrogen-bond donors (Lipinski definition) is 3.